The predicted molar refractivity (Wildman–Crippen MR) is 106 cm³/mol. The van der Waals surface area contributed by atoms with E-state index < -0.39 is 6.04 Å². The van der Waals surface area contributed by atoms with Crippen molar-refractivity contribution >= 4 is 5.78 Å². The number of rotatable bonds is 9. The van der Waals surface area contributed by atoms with Crippen LogP contribution in [0.5, 0.6) is 11.5 Å². The first-order chi connectivity index (χ1) is 13.2. The van der Waals surface area contributed by atoms with Gasteiger partial charge in [0.25, 0.3) is 0 Å². The number of ether oxygens (including phenoxy) is 2. The molecular formula is C23H23NO3. The zero-order valence-corrected chi connectivity index (χ0v) is 15.1. The molecule has 0 radical (unpaired) electrons. The zero-order valence-electron chi connectivity index (χ0n) is 15.1. The third kappa shape index (κ3) is 6.06. The van der Waals surface area contributed by atoms with E-state index >= 15 is 0 Å². The summed E-state index contributed by atoms with van der Waals surface area (Å²) in [4.78, 5) is 12.3. The zero-order chi connectivity index (χ0) is 18.9. The van der Waals surface area contributed by atoms with Crippen LogP contribution in [0.25, 0.3) is 0 Å². The van der Waals surface area contributed by atoms with E-state index in [0.29, 0.717) is 6.61 Å². The first-order valence-corrected chi connectivity index (χ1v) is 8.92. The van der Waals surface area contributed by atoms with Gasteiger partial charge in [0.2, 0.25) is 0 Å². The summed E-state index contributed by atoms with van der Waals surface area (Å²) in [5.41, 5.74) is 7.93. The highest BCUT2D eigenvalue weighted by Crippen LogP contribution is 2.21. The Kier molecular flexibility index (Phi) is 6.74. The van der Waals surface area contributed by atoms with Gasteiger partial charge in [0.15, 0.2) is 5.78 Å². The van der Waals surface area contributed by atoms with Crippen LogP contribution >= 0.6 is 0 Å². The van der Waals surface area contributed by atoms with Gasteiger partial charge >= 0.3 is 0 Å². The van der Waals surface area contributed by atoms with E-state index in [1.54, 1.807) is 0 Å². The Morgan fingerprint density at radius 2 is 1.37 bits per heavy atom. The molecule has 1 atom stereocenters. The third-order valence-corrected chi connectivity index (χ3v) is 4.10. The minimum Gasteiger partial charge on any atom is -0.457 e. The molecule has 0 fully saturated rings. The van der Waals surface area contributed by atoms with Gasteiger partial charge < -0.3 is 15.2 Å². The maximum Gasteiger partial charge on any atom is 0.156 e. The molecule has 0 aliphatic heterocycles. The molecule has 27 heavy (non-hydrogen) atoms. The molecule has 0 aliphatic carbocycles. The second-order valence-corrected chi connectivity index (χ2v) is 6.31. The quantitative estimate of drug-likeness (QED) is 0.622. The van der Waals surface area contributed by atoms with Crippen molar-refractivity contribution < 1.29 is 14.3 Å². The highest BCUT2D eigenvalue weighted by atomic mass is 16.5. The second kappa shape index (κ2) is 9.67. The fourth-order valence-electron chi connectivity index (χ4n) is 2.60. The van der Waals surface area contributed by atoms with Crippen molar-refractivity contribution in [2.24, 2.45) is 5.73 Å². The maximum absolute atomic E-state index is 12.3. The number of ketones is 1. The summed E-state index contributed by atoms with van der Waals surface area (Å²) in [6.45, 7) is 0.663. The highest BCUT2D eigenvalue weighted by Gasteiger charge is 2.14. The number of hydrogen-bond acceptors (Lipinski definition) is 4. The van der Waals surface area contributed by atoms with Gasteiger partial charge in [-0.15, -0.1) is 0 Å². The van der Waals surface area contributed by atoms with Crippen molar-refractivity contribution in [1.29, 1.82) is 0 Å². The summed E-state index contributed by atoms with van der Waals surface area (Å²) < 4.78 is 11.3. The van der Waals surface area contributed by atoms with Crippen molar-refractivity contribution in [3.05, 3.63) is 96.1 Å². The molecular weight excluding hydrogens is 338 g/mol. The molecule has 2 N–H and O–H groups in total. The third-order valence-electron chi connectivity index (χ3n) is 4.10. The summed E-state index contributed by atoms with van der Waals surface area (Å²) in [5.74, 6) is 1.46. The summed E-state index contributed by atoms with van der Waals surface area (Å²) >= 11 is 0. The fourth-order valence-corrected chi connectivity index (χ4v) is 2.60. The molecule has 0 aliphatic rings. The Labute approximate surface area is 159 Å². The number of Topliss-reactive ketones (excluding diaryl/α,β-unsaturated/α-hetero) is 1. The summed E-state index contributed by atoms with van der Waals surface area (Å²) in [6.07, 6.45) is 0.279. The lowest BCUT2D eigenvalue weighted by Crippen LogP contribution is -2.36. The molecule has 4 nitrogen and oxygen atoms in total. The van der Waals surface area contributed by atoms with Crippen molar-refractivity contribution in [1.82, 2.24) is 0 Å². The molecule has 0 heterocycles. The molecule has 3 rings (SSSR count). The second-order valence-electron chi connectivity index (χ2n) is 6.31. The number of benzene rings is 3. The number of carbonyl (C=O) groups excluding carboxylic acids is 1. The van der Waals surface area contributed by atoms with E-state index in [0.717, 1.165) is 22.6 Å². The van der Waals surface area contributed by atoms with Gasteiger partial charge in [-0.2, -0.15) is 0 Å². The van der Waals surface area contributed by atoms with Gasteiger partial charge in [-0.05, 0) is 35.4 Å². The number of nitrogens with two attached hydrogens (primary N) is 1. The molecule has 0 saturated carbocycles. The Morgan fingerprint density at radius 3 is 2.04 bits per heavy atom. The van der Waals surface area contributed by atoms with Crippen LogP contribution in [-0.4, -0.2) is 18.4 Å². The standard InChI is InChI=1S/C23H23NO3/c24-22(17-26-16-19-7-3-1-4-8-19)23(25)15-18-11-13-21(14-12-18)27-20-9-5-2-6-10-20/h1-14,22H,15-17,24H2. The minimum atomic E-state index is -0.631. The minimum absolute atomic E-state index is 0.0419. The largest absolute Gasteiger partial charge is 0.457 e. The summed E-state index contributed by atoms with van der Waals surface area (Å²) in [6, 6.07) is 26.2. The average Bonchev–Trinajstić information content (AvgIpc) is 2.71. The topological polar surface area (TPSA) is 61.5 Å². The van der Waals surface area contributed by atoms with Crippen molar-refractivity contribution in [3.63, 3.8) is 0 Å². The Bertz CT molecular complexity index is 833. The van der Waals surface area contributed by atoms with Crippen LogP contribution in [0.4, 0.5) is 0 Å². The highest BCUT2D eigenvalue weighted by molar-refractivity contribution is 5.86. The molecule has 0 spiro atoms. The maximum atomic E-state index is 12.3. The Hall–Kier alpha value is -2.95. The van der Waals surface area contributed by atoms with Crippen LogP contribution in [0, 0.1) is 0 Å². The van der Waals surface area contributed by atoms with Crippen molar-refractivity contribution in [2.45, 2.75) is 19.1 Å². The lowest BCUT2D eigenvalue weighted by Gasteiger charge is -2.12. The van der Waals surface area contributed by atoms with E-state index in [1.807, 2.05) is 84.9 Å². The Balaban J connectivity index is 1.45. The number of hydrogen-bond donors (Lipinski definition) is 1. The van der Waals surface area contributed by atoms with Gasteiger partial charge in [0.05, 0.1) is 19.3 Å². The van der Waals surface area contributed by atoms with Gasteiger partial charge in [0, 0.05) is 6.42 Å². The summed E-state index contributed by atoms with van der Waals surface area (Å²) in [5, 5.41) is 0. The van der Waals surface area contributed by atoms with Crippen LogP contribution in [0.1, 0.15) is 11.1 Å². The molecule has 0 amide bonds. The smallest absolute Gasteiger partial charge is 0.156 e. The molecule has 3 aromatic carbocycles. The summed E-state index contributed by atoms with van der Waals surface area (Å²) in [7, 11) is 0. The lowest BCUT2D eigenvalue weighted by molar-refractivity contribution is -0.121. The molecule has 0 aromatic heterocycles. The van der Waals surface area contributed by atoms with Crippen molar-refractivity contribution in [2.75, 3.05) is 6.61 Å². The molecule has 0 bridgehead atoms. The molecule has 138 valence electrons. The number of carbonyl (C=O) groups is 1. The van der Waals surface area contributed by atoms with E-state index in [-0.39, 0.29) is 18.8 Å². The SMILES string of the molecule is NC(COCc1ccccc1)C(=O)Cc1ccc(Oc2ccccc2)cc1. The first kappa shape index (κ1) is 18.8. The molecule has 0 saturated heterocycles. The first-order valence-electron chi connectivity index (χ1n) is 8.92. The fraction of sp³-hybridized carbons (Fsp3) is 0.174. The lowest BCUT2D eigenvalue weighted by atomic mass is 10.0. The van der Waals surface area contributed by atoms with Gasteiger partial charge in [0.1, 0.15) is 11.5 Å². The van der Waals surface area contributed by atoms with Crippen LogP contribution in [-0.2, 0) is 22.6 Å². The van der Waals surface area contributed by atoms with Gasteiger partial charge in [-0.25, -0.2) is 0 Å². The van der Waals surface area contributed by atoms with Crippen LogP contribution in [0.15, 0.2) is 84.9 Å². The van der Waals surface area contributed by atoms with E-state index in [9.17, 15) is 4.79 Å². The van der Waals surface area contributed by atoms with Crippen LogP contribution in [0.2, 0.25) is 0 Å². The van der Waals surface area contributed by atoms with E-state index in [1.165, 1.54) is 0 Å². The predicted octanol–water partition coefficient (Wildman–Crippen LogP) is 4.13. The van der Waals surface area contributed by atoms with E-state index in [2.05, 4.69) is 0 Å². The van der Waals surface area contributed by atoms with Crippen LogP contribution < -0.4 is 10.5 Å². The molecule has 1 unspecified atom stereocenters. The monoisotopic (exact) mass is 361 g/mol. The number of para-hydroxylation sites is 1. The Morgan fingerprint density at radius 1 is 0.778 bits per heavy atom. The van der Waals surface area contributed by atoms with Gasteiger partial charge in [-0.3, -0.25) is 4.79 Å². The normalized spacial score (nSPS) is 11.7. The van der Waals surface area contributed by atoms with E-state index in [4.69, 9.17) is 15.2 Å². The van der Waals surface area contributed by atoms with Gasteiger partial charge in [-0.1, -0.05) is 60.7 Å². The van der Waals surface area contributed by atoms with Crippen LogP contribution in [0.3, 0.4) is 0 Å². The molecule has 4 heteroatoms. The molecule has 3 aromatic rings. The van der Waals surface area contributed by atoms with Crippen molar-refractivity contribution in [3.8, 4) is 11.5 Å². The average molecular weight is 361 g/mol.